The van der Waals surface area contributed by atoms with Gasteiger partial charge in [0.2, 0.25) is 0 Å². The topological polar surface area (TPSA) is 0 Å². The second-order valence-electron chi connectivity index (χ2n) is 16.1. The zero-order valence-corrected chi connectivity index (χ0v) is 39.8. The van der Waals surface area contributed by atoms with Crippen LogP contribution in [-0.2, 0) is 34.2 Å². The van der Waals surface area contributed by atoms with Crippen molar-refractivity contribution in [1.29, 1.82) is 0 Å². The Hall–Kier alpha value is -3.52. The zero-order chi connectivity index (χ0) is 37.2. The average Bonchev–Trinajstić information content (AvgIpc) is 3.76. The van der Waals surface area contributed by atoms with E-state index in [1.807, 2.05) is 0 Å². The normalized spacial score (nSPS) is 10.8. The predicted molar refractivity (Wildman–Crippen MR) is 253 cm³/mol. The molecule has 290 valence electrons. The summed E-state index contributed by atoms with van der Waals surface area (Å²) in [4.78, 5) is 0. The second kappa shape index (κ2) is 20.3. The molecule has 0 aliphatic rings. The molecule has 4 heteroatoms. The van der Waals surface area contributed by atoms with Crippen LogP contribution < -0.4 is 0 Å². The minimum atomic E-state index is 0. The van der Waals surface area contributed by atoms with Crippen molar-refractivity contribution in [3.8, 4) is 33.4 Å². The summed E-state index contributed by atoms with van der Waals surface area (Å²) < 4.78 is 0. The van der Waals surface area contributed by atoms with Crippen molar-refractivity contribution in [1.82, 2.24) is 0 Å². The van der Waals surface area contributed by atoms with Crippen LogP contribution in [0.5, 0.6) is 0 Å². The maximum absolute atomic E-state index is 3.06. The molecule has 8 rings (SSSR count). The molecule has 0 unspecified atom stereocenters. The fourth-order valence-corrected chi connectivity index (χ4v) is 7.16. The zero-order valence-electron chi connectivity index (χ0n) is 34.7. The van der Waals surface area contributed by atoms with Gasteiger partial charge in [0.05, 0.1) is 0 Å². The Morgan fingerprint density at radius 2 is 1.00 bits per heavy atom. The number of hydrogen-bond donors (Lipinski definition) is 0. The average molecular weight is 871 g/mol. The summed E-state index contributed by atoms with van der Waals surface area (Å²) in [5.41, 5.74) is 13.6. The number of fused-ring (bicyclic) bond motifs is 3. The summed E-state index contributed by atoms with van der Waals surface area (Å²) in [6.07, 6.45) is 0. The fraction of sp³-hybridized carbons (Fsp3) is 0.192. The first-order valence-corrected chi connectivity index (χ1v) is 22.4. The van der Waals surface area contributed by atoms with Crippen LogP contribution in [-0.4, -0.2) is 6.88 Å². The van der Waals surface area contributed by atoms with E-state index in [0.29, 0.717) is 0 Å². The molecular weight excluding hydrogens is 815 g/mol. The van der Waals surface area contributed by atoms with Gasteiger partial charge in [-0.2, -0.15) is 6.07 Å². The molecule has 8 aromatic carbocycles. The molecule has 0 spiro atoms. The second-order valence-corrected chi connectivity index (χ2v) is 16.1. The number of benzene rings is 6. The van der Waals surface area contributed by atoms with E-state index < -0.39 is 0 Å². The van der Waals surface area contributed by atoms with E-state index >= 15 is 0 Å². The van der Waals surface area contributed by atoms with E-state index in [2.05, 4.69) is 208 Å². The van der Waals surface area contributed by atoms with E-state index in [9.17, 15) is 0 Å². The van der Waals surface area contributed by atoms with Crippen molar-refractivity contribution in [2.24, 2.45) is 0 Å². The Balaban J connectivity index is 0.000000361. The third-order valence-corrected chi connectivity index (χ3v) is 10.2. The van der Waals surface area contributed by atoms with Gasteiger partial charge in [-0.05, 0) is 43.9 Å². The number of rotatable bonds is 3. The van der Waals surface area contributed by atoms with Crippen LogP contribution >= 0.6 is 24.8 Å². The third-order valence-electron chi connectivity index (χ3n) is 10.2. The van der Waals surface area contributed by atoms with Gasteiger partial charge < -0.3 is 14.9 Å². The SMILES string of the molecule is CC(C)(C)c1ccc(-c2cccc3[cH-]c(-c4ccc5ccccc5c4)cc23)cc1.Cc1cc2c(-c3ccc(C(C)(C)C)cc3)ccc(C)c2[cH-]1.Cl.Cl.[CH3-].[CH3-].[Si]=[Zr]. The molecule has 0 nitrogen and oxygen atoms in total. The molecule has 0 atom stereocenters. The molecule has 0 aliphatic carbocycles. The van der Waals surface area contributed by atoms with Gasteiger partial charge >= 0.3 is 30.2 Å². The molecule has 0 aliphatic heterocycles. The summed E-state index contributed by atoms with van der Waals surface area (Å²) in [5.74, 6) is 0. The fourth-order valence-electron chi connectivity index (χ4n) is 7.16. The molecule has 0 heterocycles. The van der Waals surface area contributed by atoms with Gasteiger partial charge in [0.1, 0.15) is 0 Å². The first kappa shape index (κ1) is 48.6. The third kappa shape index (κ3) is 10.7. The summed E-state index contributed by atoms with van der Waals surface area (Å²) in [5, 5.41) is 7.94. The number of aryl methyl sites for hydroxylation is 2. The molecule has 0 bridgehead atoms. The summed E-state index contributed by atoms with van der Waals surface area (Å²) in [6, 6.07) is 53.7. The molecule has 0 amide bonds. The van der Waals surface area contributed by atoms with Gasteiger partial charge in [0.25, 0.3) is 0 Å². The number of halogens is 2. The Morgan fingerprint density at radius 1 is 0.482 bits per heavy atom. The first-order valence-electron chi connectivity index (χ1n) is 18.2. The van der Waals surface area contributed by atoms with Crippen molar-refractivity contribution in [3.63, 3.8) is 0 Å². The van der Waals surface area contributed by atoms with Crippen molar-refractivity contribution < 1.29 is 23.3 Å². The van der Waals surface area contributed by atoms with Crippen molar-refractivity contribution in [2.75, 3.05) is 0 Å². The van der Waals surface area contributed by atoms with Gasteiger partial charge in [-0.15, -0.1) is 93.4 Å². The molecule has 0 N–H and O–H groups in total. The molecule has 0 saturated heterocycles. The summed E-state index contributed by atoms with van der Waals surface area (Å²) in [7, 11) is 0. The van der Waals surface area contributed by atoms with Crippen LogP contribution in [0, 0.1) is 28.7 Å². The Kier molecular flexibility index (Phi) is 17.6. The predicted octanol–water partition coefficient (Wildman–Crippen LogP) is 15.8. The van der Waals surface area contributed by atoms with Crippen LogP contribution in [0.2, 0.25) is 0 Å². The van der Waals surface area contributed by atoms with Crippen LogP contribution in [0.4, 0.5) is 0 Å². The van der Waals surface area contributed by atoms with E-state index in [0.717, 1.165) is 0 Å². The minimum absolute atomic E-state index is 0. The molecule has 2 radical (unpaired) electrons. The Labute approximate surface area is 366 Å². The summed E-state index contributed by atoms with van der Waals surface area (Å²) >= 11 is 1.36. The quantitative estimate of drug-likeness (QED) is 0.123. The van der Waals surface area contributed by atoms with Crippen LogP contribution in [0.3, 0.4) is 0 Å². The molecule has 0 saturated carbocycles. The van der Waals surface area contributed by atoms with Crippen LogP contribution in [0.25, 0.3) is 65.7 Å². The van der Waals surface area contributed by atoms with Gasteiger partial charge in [0.15, 0.2) is 0 Å². The van der Waals surface area contributed by atoms with Gasteiger partial charge in [-0.1, -0.05) is 181 Å². The monoisotopic (exact) mass is 868 g/mol. The van der Waals surface area contributed by atoms with Crippen molar-refractivity contribution in [2.45, 2.75) is 66.2 Å². The Morgan fingerprint density at radius 3 is 1.55 bits per heavy atom. The van der Waals surface area contributed by atoms with Gasteiger partial charge in [-0.25, -0.2) is 0 Å². The summed E-state index contributed by atoms with van der Waals surface area (Å²) in [6.45, 7) is 21.0. The maximum atomic E-state index is 3.06. The molecule has 8 aromatic rings. The van der Waals surface area contributed by atoms with E-state index in [-0.39, 0.29) is 50.5 Å². The molecule has 0 fully saturated rings. The van der Waals surface area contributed by atoms with Crippen LogP contribution in [0.1, 0.15) is 63.8 Å². The van der Waals surface area contributed by atoms with Crippen molar-refractivity contribution >= 4 is 64.0 Å². The first-order chi connectivity index (χ1) is 24.8. The van der Waals surface area contributed by atoms with Gasteiger partial charge in [0, 0.05) is 0 Å². The Bertz CT molecular complexity index is 2470. The molecule has 0 aromatic heterocycles. The van der Waals surface area contributed by atoms with Crippen LogP contribution in [0.15, 0.2) is 146 Å². The van der Waals surface area contributed by atoms with Crippen molar-refractivity contribution in [3.05, 3.63) is 183 Å². The van der Waals surface area contributed by atoms with Gasteiger partial charge in [-0.3, -0.25) is 0 Å². The molecular formula is C52H56Cl2SiZr-4. The van der Waals surface area contributed by atoms with E-state index in [1.54, 1.807) is 0 Å². The number of hydrogen-bond acceptors (Lipinski definition) is 0. The van der Waals surface area contributed by atoms with E-state index in [1.165, 1.54) is 111 Å². The standard InChI is InChI=1S/C29H25.C21H23.2CH3.2ClH.Si.Zr/c1-29(2,3)26-15-13-21(14-16-26)27-10-6-9-24-18-25(19-28(24)27)23-12-11-20-7-4-5-8-22(20)17-23;1-14-12-19-15(2)6-11-18(20(19)13-14)16-7-9-17(10-8-16)21(3,4)5;;;;;;/h4-19H,1-3H3;6-13H,1-5H3;2*1H3;2*1H;;/q4*-1;;;;. The molecule has 56 heavy (non-hydrogen) atoms. The van der Waals surface area contributed by atoms with E-state index in [4.69, 9.17) is 0 Å².